The third-order valence-corrected chi connectivity index (χ3v) is 6.37. The van der Waals surface area contributed by atoms with Crippen molar-refractivity contribution in [2.45, 2.75) is 42.4 Å². The van der Waals surface area contributed by atoms with Gasteiger partial charge in [0.1, 0.15) is 11.9 Å². The van der Waals surface area contributed by atoms with Crippen LogP contribution in [0.15, 0.2) is 47.4 Å². The minimum absolute atomic E-state index is 0.0343. The first-order valence-corrected chi connectivity index (χ1v) is 10.3. The number of benzene rings is 2. The van der Waals surface area contributed by atoms with Gasteiger partial charge in [0.2, 0.25) is 10.0 Å². The van der Waals surface area contributed by atoms with E-state index in [1.165, 1.54) is 12.1 Å². The molecule has 2 N–H and O–H groups in total. The Morgan fingerprint density at radius 1 is 1.25 bits per heavy atom. The number of hydrogen-bond donors (Lipinski definition) is 2. The number of sulfonamides is 1. The van der Waals surface area contributed by atoms with Gasteiger partial charge < -0.3 is 14.6 Å². The Labute approximate surface area is 161 Å². The molecular weight excluding hydrogens is 389 g/mol. The van der Waals surface area contributed by atoms with Gasteiger partial charge in [-0.3, -0.25) is 0 Å². The third-order valence-electron chi connectivity index (χ3n) is 4.97. The predicted molar refractivity (Wildman–Crippen MR) is 96.2 cm³/mol. The molecule has 0 bridgehead atoms. The van der Waals surface area contributed by atoms with E-state index >= 15 is 0 Å². The third kappa shape index (κ3) is 3.43. The van der Waals surface area contributed by atoms with Crippen LogP contribution in [0.25, 0.3) is 0 Å². The highest BCUT2D eigenvalue weighted by atomic mass is 32.2. The quantitative estimate of drug-likeness (QED) is 0.714. The van der Waals surface area contributed by atoms with Gasteiger partial charge in [0.25, 0.3) is 6.23 Å². The average Bonchev–Trinajstić information content (AvgIpc) is 3.23. The molecule has 148 valence electrons. The number of aliphatic carboxylic acids is 1. The molecule has 3 unspecified atom stereocenters. The second-order valence-corrected chi connectivity index (χ2v) is 8.50. The van der Waals surface area contributed by atoms with Crippen LogP contribution in [0.3, 0.4) is 0 Å². The molecule has 3 atom stereocenters. The molecule has 1 aliphatic carbocycles. The van der Waals surface area contributed by atoms with E-state index in [4.69, 9.17) is 9.47 Å². The van der Waals surface area contributed by atoms with Gasteiger partial charge in [0.15, 0.2) is 11.5 Å². The number of ether oxygens (including phenoxy) is 2. The first kappa shape index (κ1) is 18.7. The van der Waals surface area contributed by atoms with Crippen LogP contribution in [0.1, 0.15) is 30.7 Å². The molecule has 1 aliphatic heterocycles. The fourth-order valence-corrected chi connectivity index (χ4v) is 4.81. The number of fused-ring (bicyclic) bond motifs is 3. The Hall–Kier alpha value is -2.65. The van der Waals surface area contributed by atoms with Gasteiger partial charge in [-0.25, -0.2) is 17.6 Å². The van der Waals surface area contributed by atoms with Gasteiger partial charge in [-0.2, -0.15) is 4.72 Å². The van der Waals surface area contributed by atoms with Crippen molar-refractivity contribution in [1.29, 1.82) is 0 Å². The molecule has 0 spiro atoms. The second-order valence-electron chi connectivity index (χ2n) is 6.78. The van der Waals surface area contributed by atoms with Crippen LogP contribution in [0.4, 0.5) is 4.39 Å². The van der Waals surface area contributed by atoms with Crippen LogP contribution in [0, 0.1) is 5.82 Å². The SMILES string of the molecule is O=C(O)C(NS(=O)(=O)c1cccc(F)c1)Oc1cccc2c1OC1CCCC21. The molecule has 7 nitrogen and oxygen atoms in total. The van der Waals surface area contributed by atoms with Crippen molar-refractivity contribution >= 4 is 16.0 Å². The molecule has 4 rings (SSSR count). The lowest BCUT2D eigenvalue weighted by molar-refractivity contribution is -0.145. The summed E-state index contributed by atoms with van der Waals surface area (Å²) < 4.78 is 51.6. The van der Waals surface area contributed by atoms with Crippen molar-refractivity contribution < 1.29 is 32.2 Å². The van der Waals surface area contributed by atoms with Crippen LogP contribution in [0.5, 0.6) is 11.5 Å². The number of rotatable bonds is 6. The van der Waals surface area contributed by atoms with Gasteiger partial charge >= 0.3 is 5.97 Å². The van der Waals surface area contributed by atoms with Crippen LogP contribution in [-0.2, 0) is 14.8 Å². The normalized spacial score (nSPS) is 21.5. The van der Waals surface area contributed by atoms with Crippen molar-refractivity contribution in [3.63, 3.8) is 0 Å². The van der Waals surface area contributed by atoms with Gasteiger partial charge in [-0.05, 0) is 43.5 Å². The number of carboxylic acid groups (broad SMARTS) is 1. The summed E-state index contributed by atoms with van der Waals surface area (Å²) in [5.41, 5.74) is 0.942. The number of hydrogen-bond acceptors (Lipinski definition) is 5. The molecule has 0 aromatic heterocycles. The van der Waals surface area contributed by atoms with Crippen molar-refractivity contribution in [2.24, 2.45) is 0 Å². The fraction of sp³-hybridized carbons (Fsp3) is 0.316. The van der Waals surface area contributed by atoms with E-state index in [9.17, 15) is 22.7 Å². The van der Waals surface area contributed by atoms with Crippen molar-refractivity contribution in [3.05, 3.63) is 53.8 Å². The molecule has 2 aliphatic rings. The zero-order chi connectivity index (χ0) is 19.9. The molecule has 0 amide bonds. The Bertz CT molecular complexity index is 1020. The number of carboxylic acids is 1. The summed E-state index contributed by atoms with van der Waals surface area (Å²) in [6, 6.07) is 9.43. The molecular formula is C19H18FNO6S. The van der Waals surface area contributed by atoms with E-state index in [-0.39, 0.29) is 17.8 Å². The van der Waals surface area contributed by atoms with E-state index in [1.807, 2.05) is 10.8 Å². The lowest BCUT2D eigenvalue weighted by Crippen LogP contribution is -2.44. The summed E-state index contributed by atoms with van der Waals surface area (Å²) in [5, 5.41) is 9.44. The van der Waals surface area contributed by atoms with Crippen LogP contribution >= 0.6 is 0 Å². The molecule has 2 aromatic rings. The first-order chi connectivity index (χ1) is 13.3. The second kappa shape index (κ2) is 7.06. The molecule has 1 heterocycles. The molecule has 0 saturated heterocycles. The standard InChI is InChI=1S/C19H18FNO6S/c20-11-4-1-5-12(10-11)28(24,25)21-18(19(22)23)27-16-9-3-7-14-13-6-2-8-15(13)26-17(14)16/h1,3-5,7,9-10,13,15,18,21H,2,6,8H2,(H,22,23). The minimum Gasteiger partial charge on any atom is -0.486 e. The number of halogens is 1. The Kier molecular flexibility index (Phi) is 4.72. The molecule has 28 heavy (non-hydrogen) atoms. The molecule has 2 aromatic carbocycles. The lowest BCUT2D eigenvalue weighted by atomic mass is 9.97. The van der Waals surface area contributed by atoms with E-state index in [2.05, 4.69) is 0 Å². The maximum absolute atomic E-state index is 13.3. The average molecular weight is 407 g/mol. The van der Waals surface area contributed by atoms with Crippen LogP contribution in [0.2, 0.25) is 0 Å². The smallest absolute Gasteiger partial charge is 0.361 e. The van der Waals surface area contributed by atoms with Gasteiger partial charge in [-0.15, -0.1) is 0 Å². The zero-order valence-electron chi connectivity index (χ0n) is 14.7. The number of nitrogens with one attached hydrogen (secondary N) is 1. The molecule has 1 saturated carbocycles. The van der Waals surface area contributed by atoms with E-state index in [0.29, 0.717) is 5.75 Å². The summed E-state index contributed by atoms with van der Waals surface area (Å²) in [6.07, 6.45) is 1.09. The monoisotopic (exact) mass is 407 g/mol. The van der Waals surface area contributed by atoms with Gasteiger partial charge in [-0.1, -0.05) is 18.2 Å². The Balaban J connectivity index is 1.59. The van der Waals surface area contributed by atoms with Crippen LogP contribution < -0.4 is 14.2 Å². The number of para-hydroxylation sites is 1. The van der Waals surface area contributed by atoms with Crippen molar-refractivity contribution in [3.8, 4) is 11.5 Å². The Morgan fingerprint density at radius 3 is 2.79 bits per heavy atom. The maximum atomic E-state index is 13.3. The highest BCUT2D eigenvalue weighted by Gasteiger charge is 2.40. The van der Waals surface area contributed by atoms with Crippen LogP contribution in [-0.4, -0.2) is 31.8 Å². The first-order valence-electron chi connectivity index (χ1n) is 8.82. The summed E-state index contributed by atoms with van der Waals surface area (Å²) >= 11 is 0. The molecule has 1 fully saturated rings. The summed E-state index contributed by atoms with van der Waals surface area (Å²) in [7, 11) is -4.31. The largest absolute Gasteiger partial charge is 0.486 e. The summed E-state index contributed by atoms with van der Waals surface area (Å²) in [6.45, 7) is 0. The van der Waals surface area contributed by atoms with E-state index < -0.39 is 32.9 Å². The zero-order valence-corrected chi connectivity index (χ0v) is 15.5. The summed E-state index contributed by atoms with van der Waals surface area (Å²) in [4.78, 5) is 11.2. The van der Waals surface area contributed by atoms with E-state index in [0.717, 1.165) is 43.0 Å². The molecule has 0 radical (unpaired) electrons. The fourth-order valence-electron chi connectivity index (χ4n) is 3.71. The molecule has 9 heteroatoms. The van der Waals surface area contributed by atoms with Crippen molar-refractivity contribution in [2.75, 3.05) is 0 Å². The van der Waals surface area contributed by atoms with Gasteiger partial charge in [0.05, 0.1) is 4.90 Å². The van der Waals surface area contributed by atoms with E-state index in [1.54, 1.807) is 6.07 Å². The minimum atomic E-state index is -4.31. The van der Waals surface area contributed by atoms with Gasteiger partial charge in [0, 0.05) is 11.5 Å². The summed E-state index contributed by atoms with van der Waals surface area (Å²) in [5.74, 6) is -1.44. The topological polar surface area (TPSA) is 102 Å². The lowest BCUT2D eigenvalue weighted by Gasteiger charge is -2.18. The van der Waals surface area contributed by atoms with Crippen molar-refractivity contribution in [1.82, 2.24) is 4.72 Å². The number of carbonyl (C=O) groups is 1. The Morgan fingerprint density at radius 2 is 2.04 bits per heavy atom. The highest BCUT2D eigenvalue weighted by Crippen LogP contribution is 2.50. The maximum Gasteiger partial charge on any atom is 0.361 e. The predicted octanol–water partition coefficient (Wildman–Crippen LogP) is 2.62. The highest BCUT2D eigenvalue weighted by molar-refractivity contribution is 7.89.